The largest absolute Gasteiger partial charge is 0.311 e. The topological polar surface area (TPSA) is 12.0 Å². The molecule has 3 atom stereocenters. The Bertz CT molecular complexity index is 192. The van der Waals surface area contributed by atoms with Crippen molar-refractivity contribution in [3.63, 3.8) is 0 Å². The number of fused-ring (bicyclic) bond motifs is 2. The van der Waals surface area contributed by atoms with Gasteiger partial charge < -0.3 is 5.32 Å². The SMILES string of the molecule is CCC(C)CC1(F)CC2CCC(C1)N2. The number of alkyl halides is 1. The Hall–Kier alpha value is -0.110. The highest BCUT2D eigenvalue weighted by Crippen LogP contribution is 2.40. The van der Waals surface area contributed by atoms with E-state index in [4.69, 9.17) is 0 Å². The third kappa shape index (κ3) is 2.10. The van der Waals surface area contributed by atoms with Crippen molar-refractivity contribution >= 4 is 0 Å². The summed E-state index contributed by atoms with van der Waals surface area (Å²) in [7, 11) is 0. The summed E-state index contributed by atoms with van der Waals surface area (Å²) in [5, 5.41) is 3.50. The van der Waals surface area contributed by atoms with Crippen molar-refractivity contribution < 1.29 is 4.39 Å². The van der Waals surface area contributed by atoms with Gasteiger partial charge in [-0.1, -0.05) is 20.3 Å². The number of rotatable bonds is 3. The van der Waals surface area contributed by atoms with Gasteiger partial charge in [-0.05, 0) is 38.0 Å². The molecule has 2 aliphatic heterocycles. The maximum absolute atomic E-state index is 14.5. The first-order valence-corrected chi connectivity index (χ1v) is 6.06. The molecular weight excluding hydrogens is 177 g/mol. The molecule has 0 saturated carbocycles. The van der Waals surface area contributed by atoms with E-state index < -0.39 is 5.67 Å². The predicted octanol–water partition coefficient (Wildman–Crippen LogP) is 3.05. The molecule has 2 saturated heterocycles. The first-order valence-electron chi connectivity index (χ1n) is 6.06. The maximum atomic E-state index is 14.5. The first-order chi connectivity index (χ1) is 6.61. The summed E-state index contributed by atoms with van der Waals surface area (Å²) in [6.07, 6.45) is 5.78. The van der Waals surface area contributed by atoms with Crippen LogP contribution in [0, 0.1) is 5.92 Å². The molecule has 2 aliphatic rings. The normalized spacial score (nSPS) is 43.9. The minimum Gasteiger partial charge on any atom is -0.311 e. The van der Waals surface area contributed by atoms with Crippen molar-refractivity contribution in [1.29, 1.82) is 0 Å². The van der Waals surface area contributed by atoms with E-state index in [1.54, 1.807) is 0 Å². The molecule has 2 fully saturated rings. The van der Waals surface area contributed by atoms with Gasteiger partial charge in [-0.3, -0.25) is 0 Å². The zero-order chi connectivity index (χ0) is 10.2. The molecule has 2 bridgehead atoms. The maximum Gasteiger partial charge on any atom is 0.114 e. The average molecular weight is 199 g/mol. The number of halogens is 1. The van der Waals surface area contributed by atoms with Gasteiger partial charge in [-0.15, -0.1) is 0 Å². The Morgan fingerprint density at radius 3 is 2.43 bits per heavy atom. The second-order valence-corrected chi connectivity index (χ2v) is 5.41. The lowest BCUT2D eigenvalue weighted by Crippen LogP contribution is -2.46. The van der Waals surface area contributed by atoms with E-state index in [9.17, 15) is 4.39 Å². The van der Waals surface area contributed by atoms with Crippen LogP contribution in [0.15, 0.2) is 0 Å². The fraction of sp³-hybridized carbons (Fsp3) is 1.00. The molecule has 0 aliphatic carbocycles. The summed E-state index contributed by atoms with van der Waals surface area (Å²) in [4.78, 5) is 0. The molecule has 1 nitrogen and oxygen atoms in total. The van der Waals surface area contributed by atoms with Gasteiger partial charge in [0.15, 0.2) is 0 Å². The van der Waals surface area contributed by atoms with Gasteiger partial charge in [0.2, 0.25) is 0 Å². The van der Waals surface area contributed by atoms with E-state index >= 15 is 0 Å². The Morgan fingerprint density at radius 1 is 1.36 bits per heavy atom. The van der Waals surface area contributed by atoms with Crippen molar-refractivity contribution in [1.82, 2.24) is 5.32 Å². The minimum atomic E-state index is -0.855. The van der Waals surface area contributed by atoms with E-state index in [1.165, 1.54) is 12.8 Å². The van der Waals surface area contributed by atoms with Crippen molar-refractivity contribution in [2.75, 3.05) is 0 Å². The molecule has 0 aromatic carbocycles. The van der Waals surface area contributed by atoms with Gasteiger partial charge in [0.25, 0.3) is 0 Å². The number of nitrogens with one attached hydrogen (secondary N) is 1. The van der Waals surface area contributed by atoms with Crippen LogP contribution in [-0.2, 0) is 0 Å². The number of piperidine rings is 1. The Labute approximate surface area is 86.5 Å². The Morgan fingerprint density at radius 2 is 1.93 bits per heavy atom. The zero-order valence-electron chi connectivity index (χ0n) is 9.35. The third-order valence-electron chi connectivity index (χ3n) is 3.97. The van der Waals surface area contributed by atoms with Crippen LogP contribution in [0.4, 0.5) is 4.39 Å². The smallest absolute Gasteiger partial charge is 0.114 e. The molecule has 2 heteroatoms. The van der Waals surface area contributed by atoms with E-state index in [-0.39, 0.29) is 0 Å². The minimum absolute atomic E-state index is 0.475. The van der Waals surface area contributed by atoms with Crippen LogP contribution in [0.25, 0.3) is 0 Å². The van der Waals surface area contributed by atoms with Gasteiger partial charge in [0.05, 0.1) is 0 Å². The zero-order valence-corrected chi connectivity index (χ0v) is 9.35. The molecule has 82 valence electrons. The molecule has 2 heterocycles. The van der Waals surface area contributed by atoms with Gasteiger partial charge >= 0.3 is 0 Å². The lowest BCUT2D eigenvalue weighted by Gasteiger charge is -2.36. The summed E-state index contributed by atoms with van der Waals surface area (Å²) in [6.45, 7) is 4.33. The van der Waals surface area contributed by atoms with Crippen LogP contribution >= 0.6 is 0 Å². The molecule has 0 radical (unpaired) electrons. The van der Waals surface area contributed by atoms with E-state index in [2.05, 4.69) is 19.2 Å². The van der Waals surface area contributed by atoms with Gasteiger partial charge in [-0.2, -0.15) is 0 Å². The van der Waals surface area contributed by atoms with Crippen molar-refractivity contribution in [3.8, 4) is 0 Å². The van der Waals surface area contributed by atoms with Gasteiger partial charge in [-0.25, -0.2) is 4.39 Å². The molecule has 0 amide bonds. The monoisotopic (exact) mass is 199 g/mol. The summed E-state index contributed by atoms with van der Waals surface area (Å²) in [6, 6.07) is 0.950. The highest BCUT2D eigenvalue weighted by molar-refractivity contribution is 5.00. The average Bonchev–Trinajstić information content (AvgIpc) is 2.45. The molecular formula is C12H22FN. The lowest BCUT2D eigenvalue weighted by molar-refractivity contribution is 0.0628. The Kier molecular flexibility index (Phi) is 2.83. The summed E-state index contributed by atoms with van der Waals surface area (Å²) >= 11 is 0. The highest BCUT2D eigenvalue weighted by Gasteiger charge is 2.44. The summed E-state index contributed by atoms with van der Waals surface area (Å²) < 4.78 is 14.5. The van der Waals surface area contributed by atoms with Gasteiger partial charge in [0, 0.05) is 12.1 Å². The van der Waals surface area contributed by atoms with Crippen LogP contribution in [0.2, 0.25) is 0 Å². The first kappa shape index (κ1) is 10.4. The molecule has 2 rings (SSSR count). The molecule has 3 unspecified atom stereocenters. The fourth-order valence-electron chi connectivity index (χ4n) is 3.13. The summed E-state index contributed by atoms with van der Waals surface area (Å²) in [5.74, 6) is 0.539. The van der Waals surface area contributed by atoms with Crippen LogP contribution in [0.5, 0.6) is 0 Å². The highest BCUT2D eigenvalue weighted by atomic mass is 19.1. The van der Waals surface area contributed by atoms with E-state index in [0.29, 0.717) is 18.0 Å². The second kappa shape index (κ2) is 3.80. The van der Waals surface area contributed by atoms with Crippen molar-refractivity contribution in [2.45, 2.75) is 70.1 Å². The van der Waals surface area contributed by atoms with E-state index in [0.717, 1.165) is 25.7 Å². The fourth-order valence-corrected chi connectivity index (χ4v) is 3.13. The molecule has 1 N–H and O–H groups in total. The molecule has 0 spiro atoms. The number of hydrogen-bond donors (Lipinski definition) is 1. The van der Waals surface area contributed by atoms with Crippen LogP contribution in [0.3, 0.4) is 0 Å². The molecule has 0 aromatic rings. The Balaban J connectivity index is 1.95. The third-order valence-corrected chi connectivity index (χ3v) is 3.97. The molecule has 14 heavy (non-hydrogen) atoms. The predicted molar refractivity (Wildman–Crippen MR) is 57.1 cm³/mol. The lowest BCUT2D eigenvalue weighted by atomic mass is 9.81. The van der Waals surface area contributed by atoms with Crippen LogP contribution in [-0.4, -0.2) is 17.8 Å². The van der Waals surface area contributed by atoms with Crippen molar-refractivity contribution in [2.24, 2.45) is 5.92 Å². The van der Waals surface area contributed by atoms with E-state index in [1.807, 2.05) is 0 Å². The van der Waals surface area contributed by atoms with Crippen LogP contribution in [0.1, 0.15) is 52.4 Å². The van der Waals surface area contributed by atoms with Gasteiger partial charge in [0.1, 0.15) is 5.67 Å². The summed E-state index contributed by atoms with van der Waals surface area (Å²) in [5.41, 5.74) is -0.855. The van der Waals surface area contributed by atoms with Crippen LogP contribution < -0.4 is 5.32 Å². The molecule has 0 aromatic heterocycles. The standard InChI is InChI=1S/C12H22FN/c1-3-9(2)6-12(13)7-10-4-5-11(8-12)14-10/h9-11,14H,3-8H2,1-2H3. The quantitative estimate of drug-likeness (QED) is 0.736. The number of hydrogen-bond acceptors (Lipinski definition) is 1. The second-order valence-electron chi connectivity index (χ2n) is 5.41. The van der Waals surface area contributed by atoms with Crippen molar-refractivity contribution in [3.05, 3.63) is 0 Å².